The zero-order chi connectivity index (χ0) is 24.1. The van der Waals surface area contributed by atoms with Gasteiger partial charge in [0.05, 0.1) is 21.5 Å². The van der Waals surface area contributed by atoms with Crippen molar-refractivity contribution in [2.24, 2.45) is 7.05 Å². The Morgan fingerprint density at radius 3 is 2.44 bits per heavy atom. The van der Waals surface area contributed by atoms with Crippen LogP contribution in [0.5, 0.6) is 0 Å². The molecule has 0 spiro atoms. The monoisotopic (exact) mass is 534 g/mol. The first-order chi connectivity index (χ1) is 14.6. The molecule has 6 atom stereocenters. The standard InChI is InChI=1S/C11H17N4O13P3S/c1-14-4-15(9-6(14)10(32)13-3-12-9)11-8(17)7(16)5(26-11)2-25-30(21,22)28-31(23,24)27-29(18,19)20/h3-5,7-8,11,16-17H,2H2,1H3,(H4-,12,13,18,19,20,21,22,23,24,32)/p-4. The number of aromatic nitrogens is 4. The molecule has 1 saturated heterocycles. The number of ether oxygens (including phenoxy) is 1. The number of aliphatic hydroxyl groups excluding tert-OH is 2. The van der Waals surface area contributed by atoms with Gasteiger partial charge in [-0.05, 0) is 5.03 Å². The van der Waals surface area contributed by atoms with Gasteiger partial charge in [0.15, 0.2) is 18.2 Å². The van der Waals surface area contributed by atoms with E-state index in [0.29, 0.717) is 5.52 Å². The maximum Gasteiger partial charge on any atom is 0.305 e. The number of phosphoric ester groups is 1. The normalized spacial score (nSPS) is 28.0. The van der Waals surface area contributed by atoms with Crippen molar-refractivity contribution >= 4 is 47.3 Å². The predicted molar refractivity (Wildman–Crippen MR) is 91.2 cm³/mol. The highest BCUT2D eigenvalue weighted by atomic mass is 32.1. The molecule has 6 unspecified atom stereocenters. The smallest absolute Gasteiger partial charge is 0.305 e. The van der Waals surface area contributed by atoms with E-state index < -0.39 is 54.6 Å². The third-order valence-electron chi connectivity index (χ3n) is 4.07. The zero-order valence-electron chi connectivity index (χ0n) is 15.6. The summed E-state index contributed by atoms with van der Waals surface area (Å²) in [6, 6.07) is 0. The summed E-state index contributed by atoms with van der Waals surface area (Å²) in [5.41, 5.74) is 0.637. The molecule has 0 amide bonds. The predicted octanol–water partition coefficient (Wildman–Crippen LogP) is -4.40. The van der Waals surface area contributed by atoms with E-state index in [-0.39, 0.29) is 10.7 Å². The molecule has 1 aliphatic heterocycles. The molecule has 32 heavy (non-hydrogen) atoms. The van der Waals surface area contributed by atoms with E-state index in [9.17, 15) is 43.5 Å². The maximum atomic E-state index is 11.6. The number of rotatable bonds is 8. The van der Waals surface area contributed by atoms with Gasteiger partial charge in [-0.15, -0.1) is 0 Å². The molecule has 0 bridgehead atoms. The van der Waals surface area contributed by atoms with Gasteiger partial charge in [0.1, 0.15) is 18.3 Å². The molecule has 2 aromatic heterocycles. The molecular weight excluding hydrogens is 521 g/mol. The highest BCUT2D eigenvalue weighted by molar-refractivity contribution is 7.64. The summed E-state index contributed by atoms with van der Waals surface area (Å²) in [7, 11) is -16.5. The first-order valence-corrected chi connectivity index (χ1v) is 13.0. The van der Waals surface area contributed by atoms with Crippen molar-refractivity contribution in [3.8, 4) is 0 Å². The van der Waals surface area contributed by atoms with E-state index in [1.54, 1.807) is 7.05 Å². The van der Waals surface area contributed by atoms with Crippen LogP contribution in [-0.2, 0) is 51.3 Å². The second-order valence-electron chi connectivity index (χ2n) is 6.33. The second kappa shape index (κ2) is 9.02. The fourth-order valence-corrected chi connectivity index (χ4v) is 6.03. The Morgan fingerprint density at radius 2 is 1.81 bits per heavy atom. The van der Waals surface area contributed by atoms with Crippen LogP contribution in [0.2, 0.25) is 0 Å². The van der Waals surface area contributed by atoms with Gasteiger partial charge in [-0.3, -0.25) is 18.0 Å². The molecular formula is C11H13N4O13P3S-4. The summed E-state index contributed by atoms with van der Waals surface area (Å²) in [5, 5.41) is 20.7. The molecule has 3 rings (SSSR count). The lowest BCUT2D eigenvalue weighted by atomic mass is 10.1. The molecule has 3 heterocycles. The minimum Gasteiger partial charge on any atom is -0.790 e. The third kappa shape index (κ3) is 5.75. The van der Waals surface area contributed by atoms with Crippen LogP contribution >= 0.6 is 23.5 Å². The zero-order valence-corrected chi connectivity index (χ0v) is 19.1. The number of aryl methyl sites for hydroxylation is 1. The summed E-state index contributed by atoms with van der Waals surface area (Å²) in [5.74, 6) is 0. The summed E-state index contributed by atoms with van der Waals surface area (Å²) in [6.07, 6.45) is -3.56. The molecule has 1 aliphatic rings. The molecule has 1 fully saturated rings. The van der Waals surface area contributed by atoms with E-state index >= 15 is 0 Å². The summed E-state index contributed by atoms with van der Waals surface area (Å²) >= 11 is 5.11. The van der Waals surface area contributed by atoms with E-state index in [2.05, 4.69) is 23.1 Å². The molecule has 17 nitrogen and oxygen atoms in total. The lowest BCUT2D eigenvalue weighted by Crippen LogP contribution is -2.45. The number of fused-ring (bicyclic) bond motifs is 1. The van der Waals surface area contributed by atoms with Gasteiger partial charge >= 0.3 is 5.65 Å². The Morgan fingerprint density at radius 1 is 1.16 bits per heavy atom. The number of nitrogens with zero attached hydrogens (tertiary/aromatic N) is 4. The summed E-state index contributed by atoms with van der Waals surface area (Å²) in [4.78, 5) is 51.4. The van der Waals surface area contributed by atoms with Crippen LogP contribution in [0.25, 0.3) is 11.2 Å². The van der Waals surface area contributed by atoms with Crippen LogP contribution in [-0.4, -0.2) is 49.7 Å². The van der Waals surface area contributed by atoms with E-state index in [0.717, 1.165) is 6.33 Å². The fraction of sp³-hybridized carbons (Fsp3) is 0.545. The van der Waals surface area contributed by atoms with Crippen molar-refractivity contribution in [2.45, 2.75) is 29.6 Å². The van der Waals surface area contributed by atoms with Crippen LogP contribution in [0, 0.1) is 0 Å². The van der Waals surface area contributed by atoms with Crippen LogP contribution < -0.4 is 24.1 Å². The van der Waals surface area contributed by atoms with Crippen LogP contribution in [0.15, 0.2) is 17.7 Å². The topological polar surface area (TPSA) is 255 Å². The largest absolute Gasteiger partial charge is 0.790 e. The quantitative estimate of drug-likeness (QED) is 0.140. The number of hydrogen-bond donors (Lipinski definition) is 2. The minimum atomic E-state index is -6.14. The molecule has 21 heteroatoms. The van der Waals surface area contributed by atoms with Gasteiger partial charge in [0.25, 0.3) is 15.6 Å². The average molecular weight is 534 g/mol. The Balaban J connectivity index is 1.73. The van der Waals surface area contributed by atoms with E-state index in [1.807, 2.05) is 0 Å². The Kier molecular flexibility index (Phi) is 7.24. The molecule has 2 N–H and O–H groups in total. The van der Waals surface area contributed by atoms with Crippen molar-refractivity contribution < 1.29 is 65.9 Å². The SMILES string of the molecule is Cn1c[n+](C2OC(COP(=O)([O-])OP(=O)([O-])OP(=O)([O-])[O-])C(O)C2O)c2ncnc([S-])c21. The van der Waals surface area contributed by atoms with Crippen molar-refractivity contribution in [3.05, 3.63) is 12.7 Å². The van der Waals surface area contributed by atoms with Gasteiger partial charge in [0.2, 0.25) is 6.23 Å². The van der Waals surface area contributed by atoms with Crippen molar-refractivity contribution in [3.63, 3.8) is 0 Å². The summed E-state index contributed by atoms with van der Waals surface area (Å²) in [6.45, 7) is -1.06. The van der Waals surface area contributed by atoms with Gasteiger partial charge in [-0.1, -0.05) is 4.98 Å². The van der Waals surface area contributed by atoms with Crippen molar-refractivity contribution in [1.29, 1.82) is 0 Å². The van der Waals surface area contributed by atoms with Crippen LogP contribution in [0.1, 0.15) is 6.23 Å². The van der Waals surface area contributed by atoms with Gasteiger partial charge in [-0.25, -0.2) is 13.9 Å². The molecule has 0 aliphatic carbocycles. The second-order valence-corrected chi connectivity index (χ2v) is 11.0. The lowest BCUT2D eigenvalue weighted by Gasteiger charge is -2.37. The first kappa shape index (κ1) is 25.7. The van der Waals surface area contributed by atoms with Gasteiger partial charge < -0.3 is 56.2 Å². The Labute approximate surface area is 184 Å². The van der Waals surface area contributed by atoms with Crippen LogP contribution in [0.3, 0.4) is 0 Å². The molecule has 2 aromatic rings. The number of aliphatic hydroxyl groups is 2. The lowest BCUT2D eigenvalue weighted by molar-refractivity contribution is -0.745. The van der Waals surface area contributed by atoms with Crippen molar-refractivity contribution in [2.75, 3.05) is 6.61 Å². The van der Waals surface area contributed by atoms with E-state index in [4.69, 9.17) is 17.4 Å². The molecule has 0 aromatic carbocycles. The van der Waals surface area contributed by atoms with E-state index in [1.165, 1.54) is 15.5 Å². The highest BCUT2D eigenvalue weighted by Gasteiger charge is 2.47. The molecule has 0 radical (unpaired) electrons. The first-order valence-electron chi connectivity index (χ1n) is 8.21. The fourth-order valence-electron chi connectivity index (χ4n) is 2.88. The van der Waals surface area contributed by atoms with Gasteiger partial charge in [-0.2, -0.15) is 0 Å². The average Bonchev–Trinajstić information content (AvgIpc) is 3.09. The van der Waals surface area contributed by atoms with Crippen LogP contribution in [0.4, 0.5) is 0 Å². The number of imidazole rings is 1. The minimum absolute atomic E-state index is 0.193. The summed E-state index contributed by atoms with van der Waals surface area (Å²) < 4.78 is 52.1. The van der Waals surface area contributed by atoms with Gasteiger partial charge in [0, 0.05) is 0 Å². The van der Waals surface area contributed by atoms with Crippen molar-refractivity contribution in [1.82, 2.24) is 14.5 Å². The maximum absolute atomic E-state index is 11.6. The molecule has 180 valence electrons. The highest BCUT2D eigenvalue weighted by Crippen LogP contribution is 2.60. The molecule has 0 saturated carbocycles. The Hall–Kier alpha value is -0.940. The third-order valence-corrected chi connectivity index (χ3v) is 8.04. The number of hydrogen-bond acceptors (Lipinski definition) is 16. The Bertz CT molecular complexity index is 1160. The number of phosphoric acid groups is 3.